The van der Waals surface area contributed by atoms with Gasteiger partial charge in [-0.25, -0.2) is 0 Å². The number of phenolic OH excluding ortho intramolecular Hbond substituents is 2. The Morgan fingerprint density at radius 1 is 1.33 bits per heavy atom. The van der Waals surface area contributed by atoms with Gasteiger partial charge in [0, 0.05) is 12.6 Å². The monoisotopic (exact) mass is 252 g/mol. The number of phenols is 2. The minimum Gasteiger partial charge on any atom is -0.507 e. The van der Waals surface area contributed by atoms with E-state index in [1.165, 1.54) is 18.2 Å². The lowest BCUT2D eigenvalue weighted by Gasteiger charge is -2.27. The van der Waals surface area contributed by atoms with E-state index in [4.69, 9.17) is 5.73 Å². The van der Waals surface area contributed by atoms with Gasteiger partial charge in [-0.3, -0.25) is 4.79 Å². The van der Waals surface area contributed by atoms with Gasteiger partial charge in [-0.2, -0.15) is 0 Å². The molecule has 0 atom stereocenters. The molecule has 1 amide bonds. The van der Waals surface area contributed by atoms with Crippen LogP contribution in [-0.2, 0) is 0 Å². The summed E-state index contributed by atoms with van der Waals surface area (Å²) in [5.74, 6) is -0.800. The smallest absolute Gasteiger partial charge is 0.261 e. The molecule has 0 radical (unpaired) electrons. The SMILES string of the molecule is CC(C)N(CCCN)C(=O)c1c(O)cccc1O. The van der Waals surface area contributed by atoms with Crippen molar-refractivity contribution < 1.29 is 15.0 Å². The van der Waals surface area contributed by atoms with Crippen LogP contribution in [0.5, 0.6) is 11.5 Å². The highest BCUT2D eigenvalue weighted by Crippen LogP contribution is 2.28. The van der Waals surface area contributed by atoms with Crippen molar-refractivity contribution in [1.29, 1.82) is 0 Å². The Morgan fingerprint density at radius 2 is 1.89 bits per heavy atom. The number of carbonyl (C=O) groups is 1. The van der Waals surface area contributed by atoms with E-state index in [9.17, 15) is 15.0 Å². The molecule has 4 N–H and O–H groups in total. The fraction of sp³-hybridized carbons (Fsp3) is 0.462. The summed E-state index contributed by atoms with van der Waals surface area (Å²) < 4.78 is 0. The molecule has 0 unspecified atom stereocenters. The number of nitrogens with two attached hydrogens (primary N) is 1. The largest absolute Gasteiger partial charge is 0.507 e. The average Bonchev–Trinajstić information content (AvgIpc) is 2.28. The van der Waals surface area contributed by atoms with Gasteiger partial charge in [-0.1, -0.05) is 6.07 Å². The minimum atomic E-state index is -0.381. The average molecular weight is 252 g/mol. The van der Waals surface area contributed by atoms with Gasteiger partial charge in [0.1, 0.15) is 17.1 Å². The summed E-state index contributed by atoms with van der Waals surface area (Å²) in [4.78, 5) is 13.9. The number of carbonyl (C=O) groups excluding carboxylic acids is 1. The lowest BCUT2D eigenvalue weighted by Crippen LogP contribution is -2.38. The molecule has 0 aliphatic rings. The maximum atomic E-state index is 12.3. The quantitative estimate of drug-likeness (QED) is 0.737. The third-order valence-electron chi connectivity index (χ3n) is 2.72. The number of rotatable bonds is 5. The Balaban J connectivity index is 3.02. The number of amides is 1. The first-order chi connectivity index (χ1) is 8.49. The molecule has 0 aromatic heterocycles. The van der Waals surface area contributed by atoms with Gasteiger partial charge in [0.05, 0.1) is 0 Å². The highest BCUT2D eigenvalue weighted by atomic mass is 16.3. The van der Waals surface area contributed by atoms with E-state index in [2.05, 4.69) is 0 Å². The molecular formula is C13H20N2O3. The van der Waals surface area contributed by atoms with Crippen LogP contribution in [0.15, 0.2) is 18.2 Å². The molecule has 1 aromatic carbocycles. The second-order valence-electron chi connectivity index (χ2n) is 4.41. The molecule has 0 saturated carbocycles. The zero-order valence-electron chi connectivity index (χ0n) is 10.8. The van der Waals surface area contributed by atoms with E-state index in [1.807, 2.05) is 13.8 Å². The van der Waals surface area contributed by atoms with Crippen LogP contribution >= 0.6 is 0 Å². The second kappa shape index (κ2) is 6.26. The summed E-state index contributed by atoms with van der Waals surface area (Å²) in [6.07, 6.45) is 0.679. The van der Waals surface area contributed by atoms with Gasteiger partial charge in [0.2, 0.25) is 0 Å². The first kappa shape index (κ1) is 14.3. The number of hydrogen-bond acceptors (Lipinski definition) is 4. The Morgan fingerprint density at radius 3 is 2.33 bits per heavy atom. The molecule has 0 saturated heterocycles. The van der Waals surface area contributed by atoms with E-state index in [-0.39, 0.29) is 29.0 Å². The minimum absolute atomic E-state index is 0.0249. The molecule has 5 nitrogen and oxygen atoms in total. The van der Waals surface area contributed by atoms with Crippen LogP contribution < -0.4 is 5.73 Å². The summed E-state index contributed by atoms with van der Waals surface area (Å²) >= 11 is 0. The lowest BCUT2D eigenvalue weighted by molar-refractivity contribution is 0.0698. The van der Waals surface area contributed by atoms with Gasteiger partial charge in [0.25, 0.3) is 5.91 Å². The molecule has 1 aromatic rings. The van der Waals surface area contributed by atoms with Crippen molar-refractivity contribution in [2.75, 3.05) is 13.1 Å². The van der Waals surface area contributed by atoms with Gasteiger partial charge < -0.3 is 20.8 Å². The highest BCUT2D eigenvalue weighted by molar-refractivity contribution is 5.99. The van der Waals surface area contributed by atoms with E-state index in [0.29, 0.717) is 19.5 Å². The standard InChI is InChI=1S/C13H20N2O3/c1-9(2)15(8-4-7-14)13(18)12-10(16)5-3-6-11(12)17/h3,5-6,9,16-17H,4,7-8,14H2,1-2H3. The number of benzene rings is 1. The molecule has 0 bridgehead atoms. The number of nitrogens with zero attached hydrogens (tertiary/aromatic N) is 1. The van der Waals surface area contributed by atoms with Gasteiger partial charge >= 0.3 is 0 Å². The van der Waals surface area contributed by atoms with Crippen LogP contribution in [0, 0.1) is 0 Å². The lowest BCUT2D eigenvalue weighted by atomic mass is 10.1. The van der Waals surface area contributed by atoms with Crippen LogP contribution in [0.2, 0.25) is 0 Å². The van der Waals surface area contributed by atoms with Crippen LogP contribution in [0.1, 0.15) is 30.6 Å². The van der Waals surface area contributed by atoms with Crippen molar-refractivity contribution in [2.24, 2.45) is 5.73 Å². The number of aromatic hydroxyl groups is 2. The van der Waals surface area contributed by atoms with Gasteiger partial charge in [-0.05, 0) is 38.9 Å². The molecule has 0 fully saturated rings. The molecule has 18 heavy (non-hydrogen) atoms. The van der Waals surface area contributed by atoms with Crippen LogP contribution in [0.3, 0.4) is 0 Å². The van der Waals surface area contributed by atoms with Crippen LogP contribution in [0.4, 0.5) is 0 Å². The summed E-state index contributed by atoms with van der Waals surface area (Å²) in [7, 11) is 0. The Labute approximate surface area is 107 Å². The van der Waals surface area contributed by atoms with Gasteiger partial charge in [0.15, 0.2) is 0 Å². The zero-order valence-corrected chi connectivity index (χ0v) is 10.8. The van der Waals surface area contributed by atoms with Crippen LogP contribution in [-0.4, -0.2) is 40.2 Å². The first-order valence-electron chi connectivity index (χ1n) is 6.01. The molecule has 5 heteroatoms. The molecule has 0 heterocycles. The van der Waals surface area contributed by atoms with Crippen molar-refractivity contribution >= 4 is 5.91 Å². The normalized spacial score (nSPS) is 10.7. The first-order valence-corrected chi connectivity index (χ1v) is 6.01. The predicted octanol–water partition coefficient (Wildman–Crippen LogP) is 1.30. The zero-order chi connectivity index (χ0) is 13.7. The van der Waals surface area contributed by atoms with E-state index < -0.39 is 0 Å². The van der Waals surface area contributed by atoms with Crippen molar-refractivity contribution in [1.82, 2.24) is 4.90 Å². The van der Waals surface area contributed by atoms with Crippen molar-refractivity contribution in [3.05, 3.63) is 23.8 Å². The van der Waals surface area contributed by atoms with E-state index in [1.54, 1.807) is 4.90 Å². The molecule has 1 rings (SSSR count). The summed E-state index contributed by atoms with van der Waals surface area (Å²) in [5.41, 5.74) is 5.39. The Hall–Kier alpha value is -1.75. The maximum Gasteiger partial charge on any atom is 0.261 e. The van der Waals surface area contributed by atoms with Crippen molar-refractivity contribution in [2.45, 2.75) is 26.3 Å². The maximum absolute atomic E-state index is 12.3. The summed E-state index contributed by atoms with van der Waals surface area (Å²) in [5, 5.41) is 19.4. The van der Waals surface area contributed by atoms with E-state index in [0.717, 1.165) is 0 Å². The highest BCUT2D eigenvalue weighted by Gasteiger charge is 2.23. The molecule has 100 valence electrons. The Bertz CT molecular complexity index is 398. The predicted molar refractivity (Wildman–Crippen MR) is 69.6 cm³/mol. The van der Waals surface area contributed by atoms with E-state index >= 15 is 0 Å². The topological polar surface area (TPSA) is 86.8 Å². The second-order valence-corrected chi connectivity index (χ2v) is 4.41. The molecule has 0 aliphatic heterocycles. The fourth-order valence-electron chi connectivity index (χ4n) is 1.75. The van der Waals surface area contributed by atoms with Gasteiger partial charge in [-0.15, -0.1) is 0 Å². The van der Waals surface area contributed by atoms with Crippen molar-refractivity contribution in [3.8, 4) is 11.5 Å². The molecule has 0 aliphatic carbocycles. The summed E-state index contributed by atoms with van der Waals surface area (Å²) in [6.45, 7) is 4.75. The third kappa shape index (κ3) is 3.13. The van der Waals surface area contributed by atoms with Crippen LogP contribution in [0.25, 0.3) is 0 Å². The number of hydrogen-bond donors (Lipinski definition) is 3. The van der Waals surface area contributed by atoms with Crippen molar-refractivity contribution in [3.63, 3.8) is 0 Å². The summed E-state index contributed by atoms with van der Waals surface area (Å²) in [6, 6.07) is 4.23. The Kier molecular flexibility index (Phi) is 4.97. The fourth-order valence-corrected chi connectivity index (χ4v) is 1.75. The molecular weight excluding hydrogens is 232 g/mol. The molecule has 0 spiro atoms. The third-order valence-corrected chi connectivity index (χ3v) is 2.72.